The minimum atomic E-state index is -4.45. The standard InChI is InChI=1S/C18H25F3N4OS2/c1-2-27-11-6-4-3-5-10-15-24-25-17(28-15)23-16(26)22-14-9-7-8-13(12-14)18(19,20)21/h7-9,12,15,17H,2-6,10-11H2,1H3,(H2,22,23,26). The molecule has 0 fully saturated rings. The summed E-state index contributed by atoms with van der Waals surface area (Å²) in [4.78, 5) is 12.0. The van der Waals surface area contributed by atoms with E-state index < -0.39 is 23.3 Å². The maximum Gasteiger partial charge on any atom is 0.416 e. The number of urea groups is 1. The van der Waals surface area contributed by atoms with Gasteiger partial charge in [-0.1, -0.05) is 44.0 Å². The van der Waals surface area contributed by atoms with E-state index in [9.17, 15) is 18.0 Å². The fourth-order valence-corrected chi connectivity index (χ4v) is 4.29. The molecule has 1 aliphatic rings. The summed E-state index contributed by atoms with van der Waals surface area (Å²) in [6.07, 6.45) is 1.12. The number of nitrogens with one attached hydrogen (secondary N) is 2. The van der Waals surface area contributed by atoms with Crippen LogP contribution in [0.4, 0.5) is 23.7 Å². The summed E-state index contributed by atoms with van der Waals surface area (Å²) in [5.41, 5.74) is -1.25. The first-order valence-electron chi connectivity index (χ1n) is 9.26. The lowest BCUT2D eigenvalue weighted by molar-refractivity contribution is -0.137. The topological polar surface area (TPSA) is 65.8 Å². The molecule has 10 heteroatoms. The first kappa shape index (κ1) is 22.9. The van der Waals surface area contributed by atoms with Gasteiger partial charge in [-0.25, -0.2) is 4.79 Å². The third-order valence-electron chi connectivity index (χ3n) is 3.98. The van der Waals surface area contributed by atoms with Crippen LogP contribution in [0.15, 0.2) is 34.5 Å². The van der Waals surface area contributed by atoms with E-state index in [2.05, 4.69) is 27.8 Å². The largest absolute Gasteiger partial charge is 0.416 e. The number of alkyl halides is 3. The van der Waals surface area contributed by atoms with Gasteiger partial charge in [-0.3, -0.25) is 0 Å². The average Bonchev–Trinajstić information content (AvgIpc) is 3.07. The number of carbonyl (C=O) groups is 1. The van der Waals surface area contributed by atoms with E-state index in [0.29, 0.717) is 0 Å². The molecule has 2 rings (SSSR count). The number of thioether (sulfide) groups is 2. The lowest BCUT2D eigenvalue weighted by Gasteiger charge is -2.13. The quantitative estimate of drug-likeness (QED) is 0.422. The molecule has 0 spiro atoms. The van der Waals surface area contributed by atoms with Crippen LogP contribution in [0, 0.1) is 0 Å². The molecule has 2 unspecified atom stereocenters. The second kappa shape index (κ2) is 11.5. The predicted octanol–water partition coefficient (Wildman–Crippen LogP) is 6.34. The zero-order valence-electron chi connectivity index (χ0n) is 15.7. The number of hydrogen-bond acceptors (Lipinski definition) is 5. The van der Waals surface area contributed by atoms with Crippen molar-refractivity contribution in [2.24, 2.45) is 10.2 Å². The van der Waals surface area contributed by atoms with Crippen LogP contribution in [0.5, 0.6) is 0 Å². The monoisotopic (exact) mass is 434 g/mol. The number of nitrogens with zero attached hydrogens (tertiary/aromatic N) is 2. The molecular weight excluding hydrogens is 409 g/mol. The second-order valence-electron chi connectivity index (χ2n) is 6.25. The highest BCUT2D eigenvalue weighted by Crippen LogP contribution is 2.31. The summed E-state index contributed by atoms with van der Waals surface area (Å²) >= 11 is 3.40. The van der Waals surface area contributed by atoms with Gasteiger partial charge in [0, 0.05) is 5.69 Å². The molecule has 1 aromatic carbocycles. The van der Waals surface area contributed by atoms with E-state index in [1.165, 1.54) is 42.5 Å². The predicted molar refractivity (Wildman–Crippen MR) is 110 cm³/mol. The van der Waals surface area contributed by atoms with Crippen molar-refractivity contribution in [2.45, 2.75) is 56.1 Å². The van der Waals surface area contributed by atoms with Crippen molar-refractivity contribution in [1.82, 2.24) is 5.32 Å². The van der Waals surface area contributed by atoms with Gasteiger partial charge in [0.25, 0.3) is 0 Å². The van der Waals surface area contributed by atoms with Crippen molar-refractivity contribution in [3.63, 3.8) is 0 Å². The fourth-order valence-electron chi connectivity index (χ4n) is 2.60. The number of anilines is 1. The van der Waals surface area contributed by atoms with Crippen LogP contribution < -0.4 is 10.6 Å². The molecular formula is C18H25F3N4OS2. The Morgan fingerprint density at radius 1 is 1.21 bits per heavy atom. The summed E-state index contributed by atoms with van der Waals surface area (Å²) in [6, 6.07) is 3.89. The van der Waals surface area contributed by atoms with E-state index >= 15 is 0 Å². The lowest BCUT2D eigenvalue weighted by Crippen LogP contribution is -2.34. The van der Waals surface area contributed by atoms with Crippen LogP contribution in [-0.4, -0.2) is 28.4 Å². The Labute approximate surface area is 171 Å². The van der Waals surface area contributed by atoms with Crippen LogP contribution in [0.1, 0.15) is 44.6 Å². The SMILES string of the molecule is CCSCCCCCCC1N=NC(NC(=O)Nc2cccc(C(F)(F)F)c2)S1. The van der Waals surface area contributed by atoms with Crippen LogP contribution >= 0.6 is 23.5 Å². The highest BCUT2D eigenvalue weighted by molar-refractivity contribution is 8.00. The van der Waals surface area contributed by atoms with Crippen LogP contribution in [-0.2, 0) is 6.18 Å². The Kier molecular flexibility index (Phi) is 9.43. The molecule has 0 saturated carbocycles. The van der Waals surface area contributed by atoms with Crippen LogP contribution in [0.25, 0.3) is 0 Å². The number of unbranched alkanes of at least 4 members (excludes halogenated alkanes) is 3. The number of rotatable bonds is 10. The Bertz CT molecular complexity index is 658. The van der Waals surface area contributed by atoms with E-state index in [1.54, 1.807) is 0 Å². The first-order valence-corrected chi connectivity index (χ1v) is 11.4. The van der Waals surface area contributed by atoms with Crippen LogP contribution in [0.3, 0.4) is 0 Å². The zero-order valence-corrected chi connectivity index (χ0v) is 17.3. The van der Waals surface area contributed by atoms with Crippen molar-refractivity contribution in [3.05, 3.63) is 29.8 Å². The number of carbonyl (C=O) groups excluding carboxylic acids is 1. The first-order chi connectivity index (χ1) is 13.4. The molecule has 2 amide bonds. The summed E-state index contributed by atoms with van der Waals surface area (Å²) in [6.45, 7) is 2.16. The number of azo groups is 1. The number of amides is 2. The van der Waals surface area contributed by atoms with Crippen molar-refractivity contribution in [1.29, 1.82) is 0 Å². The van der Waals surface area contributed by atoms with E-state index in [4.69, 9.17) is 0 Å². The number of halogens is 3. The number of hydrogen-bond donors (Lipinski definition) is 2. The molecule has 1 aromatic rings. The smallest absolute Gasteiger partial charge is 0.308 e. The van der Waals surface area contributed by atoms with E-state index in [1.807, 2.05) is 11.8 Å². The lowest BCUT2D eigenvalue weighted by atomic mass is 10.1. The van der Waals surface area contributed by atoms with Gasteiger partial charge in [0.1, 0.15) is 5.37 Å². The van der Waals surface area contributed by atoms with Crippen molar-refractivity contribution in [3.8, 4) is 0 Å². The van der Waals surface area contributed by atoms with E-state index in [0.717, 1.165) is 37.1 Å². The Hall–Kier alpha value is -1.42. The van der Waals surface area contributed by atoms with Crippen LogP contribution in [0.2, 0.25) is 0 Å². The van der Waals surface area contributed by atoms with Gasteiger partial charge in [-0.15, -0.1) is 0 Å². The minimum Gasteiger partial charge on any atom is -0.308 e. The highest BCUT2D eigenvalue weighted by atomic mass is 32.2. The van der Waals surface area contributed by atoms with Gasteiger partial charge in [-0.05, 0) is 42.5 Å². The molecule has 0 radical (unpaired) electrons. The van der Waals surface area contributed by atoms with Gasteiger partial charge >= 0.3 is 12.2 Å². The number of benzene rings is 1. The molecule has 1 aliphatic heterocycles. The van der Waals surface area contributed by atoms with E-state index in [-0.39, 0.29) is 11.1 Å². The zero-order chi connectivity index (χ0) is 20.4. The molecule has 0 saturated heterocycles. The maximum absolute atomic E-state index is 12.7. The van der Waals surface area contributed by atoms with Crippen molar-refractivity contribution >= 4 is 35.2 Å². The van der Waals surface area contributed by atoms with Crippen molar-refractivity contribution in [2.75, 3.05) is 16.8 Å². The van der Waals surface area contributed by atoms with Gasteiger partial charge < -0.3 is 10.6 Å². The van der Waals surface area contributed by atoms with Crippen molar-refractivity contribution < 1.29 is 18.0 Å². The molecule has 156 valence electrons. The van der Waals surface area contributed by atoms with Gasteiger partial charge in [0.15, 0.2) is 5.50 Å². The second-order valence-corrected chi connectivity index (χ2v) is 8.91. The average molecular weight is 435 g/mol. The summed E-state index contributed by atoms with van der Waals surface area (Å²) in [7, 11) is 0. The van der Waals surface area contributed by atoms with Gasteiger partial charge in [0.05, 0.1) is 5.56 Å². The molecule has 1 heterocycles. The molecule has 0 aromatic heterocycles. The van der Waals surface area contributed by atoms with Gasteiger partial charge in [-0.2, -0.15) is 35.2 Å². The molecule has 28 heavy (non-hydrogen) atoms. The Morgan fingerprint density at radius 3 is 2.75 bits per heavy atom. The molecule has 0 bridgehead atoms. The molecule has 5 nitrogen and oxygen atoms in total. The highest BCUT2D eigenvalue weighted by Gasteiger charge is 2.30. The summed E-state index contributed by atoms with van der Waals surface area (Å²) < 4.78 is 38.2. The summed E-state index contributed by atoms with van der Waals surface area (Å²) in [5.74, 6) is 2.37. The van der Waals surface area contributed by atoms with Gasteiger partial charge in [0.2, 0.25) is 0 Å². The maximum atomic E-state index is 12.7. The molecule has 2 N–H and O–H groups in total. The minimum absolute atomic E-state index is 0.0175. The normalized spacial score (nSPS) is 19.0. The Morgan fingerprint density at radius 2 is 2.00 bits per heavy atom. The summed E-state index contributed by atoms with van der Waals surface area (Å²) in [5, 5.41) is 13.2. The third-order valence-corrected chi connectivity index (χ3v) is 6.08. The Balaban J connectivity index is 1.66. The third kappa shape index (κ3) is 8.30. The molecule has 2 atom stereocenters. The molecule has 0 aliphatic carbocycles. The fraction of sp³-hybridized carbons (Fsp3) is 0.611.